The summed E-state index contributed by atoms with van der Waals surface area (Å²) in [5.41, 5.74) is 6.40. The van der Waals surface area contributed by atoms with Crippen LogP contribution in [-0.4, -0.2) is 36.0 Å². The fourth-order valence-corrected chi connectivity index (χ4v) is 3.38. The maximum absolute atomic E-state index is 12.2. The third-order valence-corrected chi connectivity index (χ3v) is 4.60. The number of benzene rings is 1. The lowest BCUT2D eigenvalue weighted by molar-refractivity contribution is -0.0198. The lowest BCUT2D eigenvalue weighted by atomic mass is 10.0. The second kappa shape index (κ2) is 7.12. The van der Waals surface area contributed by atoms with E-state index in [-0.39, 0.29) is 30.2 Å². The number of methoxy groups -OCH3 is 1. The average molecular weight is 359 g/mol. The largest absolute Gasteiger partial charge is 0.417 e. The zero-order valence-electron chi connectivity index (χ0n) is 14.6. The van der Waals surface area contributed by atoms with E-state index in [4.69, 9.17) is 14.0 Å². The summed E-state index contributed by atoms with van der Waals surface area (Å²) >= 11 is 0. The lowest BCUT2D eigenvalue weighted by Crippen LogP contribution is -2.29. The number of fused-ring (bicyclic) bond motifs is 1. The predicted octanol–water partition coefficient (Wildman–Crippen LogP) is 0.891. The summed E-state index contributed by atoms with van der Waals surface area (Å²) in [6, 6.07) is 6.17. The number of nitrogens with zero attached hydrogens (tertiary/aromatic N) is 2. The van der Waals surface area contributed by atoms with Crippen molar-refractivity contribution in [3.8, 4) is 0 Å². The molecule has 2 unspecified atom stereocenters. The molecule has 0 bridgehead atoms. The van der Waals surface area contributed by atoms with Gasteiger partial charge in [0.15, 0.2) is 6.23 Å². The van der Waals surface area contributed by atoms with Gasteiger partial charge in [0.25, 0.3) is 0 Å². The molecule has 1 aromatic heterocycles. The Hall–Kier alpha value is -2.33. The van der Waals surface area contributed by atoms with Crippen LogP contribution in [0, 0.1) is 6.92 Å². The van der Waals surface area contributed by atoms with E-state index in [0.717, 1.165) is 24.0 Å². The molecule has 138 valence electrons. The van der Waals surface area contributed by atoms with E-state index >= 15 is 0 Å². The van der Waals surface area contributed by atoms with Crippen molar-refractivity contribution in [1.29, 1.82) is 0 Å². The third-order valence-electron chi connectivity index (χ3n) is 4.60. The summed E-state index contributed by atoms with van der Waals surface area (Å²) in [7, 11) is 1.64. The van der Waals surface area contributed by atoms with Gasteiger partial charge in [-0.25, -0.2) is 0 Å². The van der Waals surface area contributed by atoms with Crippen LogP contribution in [0.2, 0.25) is 0 Å². The number of hydrogen-bond donors (Lipinski definition) is 3. The van der Waals surface area contributed by atoms with Crippen molar-refractivity contribution in [1.82, 2.24) is 26.3 Å². The molecule has 3 N–H and O–H groups in total. The summed E-state index contributed by atoms with van der Waals surface area (Å²) in [6.07, 6.45) is 1.47. The van der Waals surface area contributed by atoms with Crippen molar-refractivity contribution in [3.63, 3.8) is 0 Å². The number of aromatic nitrogens is 2. The van der Waals surface area contributed by atoms with Gasteiger partial charge >= 0.3 is 11.8 Å². The highest BCUT2D eigenvalue weighted by Crippen LogP contribution is 2.33. The quantitative estimate of drug-likeness (QED) is 0.722. The van der Waals surface area contributed by atoms with Gasteiger partial charge < -0.3 is 14.5 Å². The zero-order chi connectivity index (χ0) is 18.1. The maximum atomic E-state index is 12.2. The van der Waals surface area contributed by atoms with Crippen LogP contribution in [0.1, 0.15) is 51.9 Å². The Morgan fingerprint density at radius 2 is 2.31 bits per heavy atom. The third kappa shape index (κ3) is 3.34. The van der Waals surface area contributed by atoms with Crippen LogP contribution in [-0.2, 0) is 16.0 Å². The minimum atomic E-state index is -0.345. The average Bonchev–Trinajstić information content (AvgIpc) is 3.35. The standard InChI is InChI=1S/C17H21N5O4/c1-9-20-21-17(25-9)16(23)18-13-6-4-10-7-11(3-5-12(10)13)15-19-14(8-24-2)26-22-15/h3,5,7,13-15,19,22H,4,6,8H2,1-2H3,(H,18,23)/t13-,14?,15?/m1/s1. The summed E-state index contributed by atoms with van der Waals surface area (Å²) < 4.78 is 10.3. The first-order valence-electron chi connectivity index (χ1n) is 8.54. The van der Waals surface area contributed by atoms with Gasteiger partial charge in [-0.1, -0.05) is 18.2 Å². The monoisotopic (exact) mass is 359 g/mol. The molecule has 1 aliphatic carbocycles. The predicted molar refractivity (Wildman–Crippen MR) is 89.8 cm³/mol. The van der Waals surface area contributed by atoms with E-state index in [2.05, 4.69) is 38.4 Å². The highest BCUT2D eigenvalue weighted by molar-refractivity contribution is 5.89. The molecule has 1 saturated heterocycles. The first kappa shape index (κ1) is 17.1. The molecule has 26 heavy (non-hydrogen) atoms. The molecule has 2 heterocycles. The molecular weight excluding hydrogens is 338 g/mol. The molecule has 0 radical (unpaired) electrons. The number of aryl methyl sites for hydroxylation is 2. The van der Waals surface area contributed by atoms with Crippen LogP contribution in [0.25, 0.3) is 0 Å². The number of carbonyl (C=O) groups excluding carboxylic acids is 1. The molecule has 1 fully saturated rings. The Bertz CT molecular complexity index is 808. The van der Waals surface area contributed by atoms with Gasteiger partial charge in [-0.3, -0.25) is 14.9 Å². The molecular formula is C17H21N5O4. The molecule has 2 aliphatic rings. The lowest BCUT2D eigenvalue weighted by Gasteiger charge is -2.15. The Morgan fingerprint density at radius 1 is 1.42 bits per heavy atom. The Morgan fingerprint density at radius 3 is 3.08 bits per heavy atom. The van der Waals surface area contributed by atoms with E-state index in [1.165, 1.54) is 5.56 Å². The van der Waals surface area contributed by atoms with Crippen LogP contribution in [0.3, 0.4) is 0 Å². The van der Waals surface area contributed by atoms with Crippen molar-refractivity contribution >= 4 is 5.91 Å². The molecule has 2 aromatic rings. The minimum Gasteiger partial charge on any atom is -0.417 e. The van der Waals surface area contributed by atoms with Gasteiger partial charge in [-0.15, -0.1) is 10.2 Å². The Balaban J connectivity index is 1.44. The number of hydroxylamine groups is 1. The fraction of sp³-hybridized carbons (Fsp3) is 0.471. The highest BCUT2D eigenvalue weighted by Gasteiger charge is 2.29. The molecule has 1 amide bonds. The Kier molecular flexibility index (Phi) is 4.68. The molecule has 9 heteroatoms. The number of nitrogens with one attached hydrogen (secondary N) is 3. The van der Waals surface area contributed by atoms with E-state index in [9.17, 15) is 4.79 Å². The minimum absolute atomic E-state index is 0.00624. The van der Waals surface area contributed by atoms with Gasteiger partial charge in [0.05, 0.1) is 12.6 Å². The summed E-state index contributed by atoms with van der Waals surface area (Å²) in [5, 5.41) is 13.7. The SMILES string of the molecule is COCC1NC(c2ccc3c(c2)CC[C@H]3NC(=O)c2nnc(C)o2)NO1. The summed E-state index contributed by atoms with van der Waals surface area (Å²) in [6.45, 7) is 2.12. The number of carbonyl (C=O) groups is 1. The number of ether oxygens (including phenoxy) is 1. The van der Waals surface area contributed by atoms with Crippen LogP contribution >= 0.6 is 0 Å². The smallest absolute Gasteiger partial charge is 0.309 e. The van der Waals surface area contributed by atoms with E-state index in [1.807, 2.05) is 6.07 Å². The molecule has 4 rings (SSSR count). The number of rotatable bonds is 5. The van der Waals surface area contributed by atoms with Crippen molar-refractivity contribution in [2.24, 2.45) is 0 Å². The van der Waals surface area contributed by atoms with Crippen LogP contribution in [0.5, 0.6) is 0 Å². The summed E-state index contributed by atoms with van der Waals surface area (Å²) in [5.74, 6) is 0.0212. The van der Waals surface area contributed by atoms with Crippen molar-refractivity contribution in [2.75, 3.05) is 13.7 Å². The van der Waals surface area contributed by atoms with Gasteiger partial charge in [-0.2, -0.15) is 5.48 Å². The van der Waals surface area contributed by atoms with E-state index in [0.29, 0.717) is 12.5 Å². The molecule has 9 nitrogen and oxygen atoms in total. The first-order chi connectivity index (χ1) is 12.6. The van der Waals surface area contributed by atoms with Crippen molar-refractivity contribution in [2.45, 2.75) is 38.2 Å². The number of amides is 1. The van der Waals surface area contributed by atoms with Crippen molar-refractivity contribution < 1.29 is 18.8 Å². The van der Waals surface area contributed by atoms with Gasteiger partial charge in [-0.05, 0) is 29.5 Å². The summed E-state index contributed by atoms with van der Waals surface area (Å²) in [4.78, 5) is 17.7. The van der Waals surface area contributed by atoms with Crippen LogP contribution < -0.4 is 16.1 Å². The molecule has 1 aliphatic heterocycles. The molecule has 1 aromatic carbocycles. The second-order valence-corrected chi connectivity index (χ2v) is 6.43. The van der Waals surface area contributed by atoms with Gasteiger partial charge in [0.2, 0.25) is 5.89 Å². The molecule has 0 spiro atoms. The maximum Gasteiger partial charge on any atom is 0.309 e. The van der Waals surface area contributed by atoms with Gasteiger partial charge in [0.1, 0.15) is 6.17 Å². The van der Waals surface area contributed by atoms with E-state index in [1.54, 1.807) is 14.0 Å². The normalized spacial score (nSPS) is 24.6. The number of hydrogen-bond acceptors (Lipinski definition) is 8. The molecule has 3 atom stereocenters. The zero-order valence-corrected chi connectivity index (χ0v) is 14.6. The Labute approximate surface area is 150 Å². The fourth-order valence-electron chi connectivity index (χ4n) is 3.38. The first-order valence-corrected chi connectivity index (χ1v) is 8.54. The van der Waals surface area contributed by atoms with Crippen LogP contribution in [0.15, 0.2) is 22.6 Å². The van der Waals surface area contributed by atoms with E-state index < -0.39 is 0 Å². The van der Waals surface area contributed by atoms with Gasteiger partial charge in [0, 0.05) is 14.0 Å². The van der Waals surface area contributed by atoms with Crippen LogP contribution in [0.4, 0.5) is 0 Å². The van der Waals surface area contributed by atoms with Crippen molar-refractivity contribution in [3.05, 3.63) is 46.7 Å². The molecule has 0 saturated carbocycles. The topological polar surface area (TPSA) is 111 Å². The highest BCUT2D eigenvalue weighted by atomic mass is 16.7. The second-order valence-electron chi connectivity index (χ2n) is 6.43.